The molecule has 1 aromatic rings. The molecule has 2 amide bonds. The van der Waals surface area contributed by atoms with Crippen LogP contribution in [0.25, 0.3) is 0 Å². The van der Waals surface area contributed by atoms with Crippen molar-refractivity contribution in [3.8, 4) is 0 Å². The number of aryl methyl sites for hydroxylation is 3. The fourth-order valence-electron chi connectivity index (χ4n) is 3.04. The molecule has 1 heterocycles. The zero-order valence-corrected chi connectivity index (χ0v) is 14.2. The third-order valence-corrected chi connectivity index (χ3v) is 4.21. The highest BCUT2D eigenvalue weighted by Crippen LogP contribution is 2.22. The zero-order chi connectivity index (χ0) is 17.0. The Labute approximate surface area is 137 Å². The summed E-state index contributed by atoms with van der Waals surface area (Å²) < 4.78 is 0. The van der Waals surface area contributed by atoms with Gasteiger partial charge in [0.1, 0.15) is 0 Å². The Morgan fingerprint density at radius 1 is 1.09 bits per heavy atom. The smallest absolute Gasteiger partial charge is 0.313 e. The van der Waals surface area contributed by atoms with E-state index in [1.165, 1.54) is 0 Å². The van der Waals surface area contributed by atoms with Gasteiger partial charge in [-0.3, -0.25) is 14.5 Å². The van der Waals surface area contributed by atoms with E-state index in [2.05, 4.69) is 10.2 Å². The van der Waals surface area contributed by atoms with E-state index in [-0.39, 0.29) is 0 Å². The minimum atomic E-state index is -0.563. The maximum atomic E-state index is 12.3. The van der Waals surface area contributed by atoms with Crippen LogP contribution >= 0.6 is 0 Å². The van der Waals surface area contributed by atoms with Gasteiger partial charge in [-0.05, 0) is 31.9 Å². The molecule has 1 fully saturated rings. The lowest BCUT2D eigenvalue weighted by Gasteiger charge is -2.34. The van der Waals surface area contributed by atoms with Crippen molar-refractivity contribution in [2.24, 2.45) is 5.73 Å². The standard InChI is InChI=1S/C17H26N4O2/c1-12-10-13(2)15(14(3)11-12)19-16(22)17(23)21-8-6-20(5-4-18)7-9-21/h10-11H,4-9,18H2,1-3H3,(H,19,22). The number of piperazine rings is 1. The number of hydrogen-bond donors (Lipinski definition) is 2. The Morgan fingerprint density at radius 2 is 1.65 bits per heavy atom. The van der Waals surface area contributed by atoms with E-state index in [9.17, 15) is 9.59 Å². The molecule has 0 atom stereocenters. The molecule has 0 saturated carbocycles. The van der Waals surface area contributed by atoms with Crippen LogP contribution in [0.2, 0.25) is 0 Å². The predicted molar refractivity (Wildman–Crippen MR) is 91.4 cm³/mol. The Bertz CT molecular complexity index is 569. The van der Waals surface area contributed by atoms with Gasteiger partial charge >= 0.3 is 11.8 Å². The molecular formula is C17H26N4O2. The second-order valence-corrected chi connectivity index (χ2v) is 6.15. The number of rotatable bonds is 3. The van der Waals surface area contributed by atoms with Crippen LogP contribution in [0.4, 0.5) is 5.69 Å². The van der Waals surface area contributed by atoms with Crippen LogP contribution < -0.4 is 11.1 Å². The highest BCUT2D eigenvalue weighted by molar-refractivity contribution is 6.39. The summed E-state index contributed by atoms with van der Waals surface area (Å²) >= 11 is 0. The molecule has 126 valence electrons. The normalized spacial score (nSPS) is 15.6. The van der Waals surface area contributed by atoms with E-state index >= 15 is 0 Å². The van der Waals surface area contributed by atoms with Crippen molar-refractivity contribution in [3.63, 3.8) is 0 Å². The number of nitrogens with zero attached hydrogens (tertiary/aromatic N) is 2. The van der Waals surface area contributed by atoms with Crippen LogP contribution in [0.15, 0.2) is 12.1 Å². The SMILES string of the molecule is Cc1cc(C)c(NC(=O)C(=O)N2CCN(CCN)CC2)c(C)c1. The zero-order valence-electron chi connectivity index (χ0n) is 14.2. The Morgan fingerprint density at radius 3 is 2.17 bits per heavy atom. The molecule has 0 aliphatic carbocycles. The number of anilines is 1. The van der Waals surface area contributed by atoms with Gasteiger partial charge in [-0.15, -0.1) is 0 Å². The molecule has 6 heteroatoms. The summed E-state index contributed by atoms with van der Waals surface area (Å²) in [5.74, 6) is -1.02. The van der Waals surface area contributed by atoms with Gasteiger partial charge in [-0.1, -0.05) is 17.7 Å². The number of benzene rings is 1. The molecule has 0 spiro atoms. The Kier molecular flexibility index (Phi) is 5.74. The van der Waals surface area contributed by atoms with Crippen molar-refractivity contribution in [2.75, 3.05) is 44.6 Å². The van der Waals surface area contributed by atoms with Gasteiger partial charge in [0.15, 0.2) is 0 Å². The van der Waals surface area contributed by atoms with E-state index < -0.39 is 11.8 Å². The van der Waals surface area contributed by atoms with Crippen molar-refractivity contribution >= 4 is 17.5 Å². The fraction of sp³-hybridized carbons (Fsp3) is 0.529. The lowest BCUT2D eigenvalue weighted by Crippen LogP contribution is -2.52. The van der Waals surface area contributed by atoms with Crippen LogP contribution in [-0.2, 0) is 9.59 Å². The molecule has 1 aliphatic rings. The number of hydrogen-bond acceptors (Lipinski definition) is 4. The van der Waals surface area contributed by atoms with Gasteiger partial charge in [0.25, 0.3) is 0 Å². The summed E-state index contributed by atoms with van der Waals surface area (Å²) in [5, 5.41) is 2.78. The van der Waals surface area contributed by atoms with Crippen molar-refractivity contribution in [2.45, 2.75) is 20.8 Å². The number of carbonyl (C=O) groups is 2. The molecule has 1 saturated heterocycles. The van der Waals surface area contributed by atoms with Crippen LogP contribution in [0.5, 0.6) is 0 Å². The number of nitrogens with two attached hydrogens (primary N) is 1. The van der Waals surface area contributed by atoms with Crippen LogP contribution in [0.3, 0.4) is 0 Å². The van der Waals surface area contributed by atoms with E-state index in [0.717, 1.165) is 42.0 Å². The molecule has 23 heavy (non-hydrogen) atoms. The quantitative estimate of drug-likeness (QED) is 0.802. The lowest BCUT2D eigenvalue weighted by atomic mass is 10.1. The Hall–Kier alpha value is -1.92. The van der Waals surface area contributed by atoms with E-state index in [0.29, 0.717) is 19.6 Å². The molecule has 1 aromatic carbocycles. The molecule has 6 nitrogen and oxygen atoms in total. The second kappa shape index (κ2) is 7.57. The van der Waals surface area contributed by atoms with Gasteiger partial charge in [0.2, 0.25) is 0 Å². The van der Waals surface area contributed by atoms with Crippen LogP contribution in [0.1, 0.15) is 16.7 Å². The molecule has 0 aromatic heterocycles. The summed E-state index contributed by atoms with van der Waals surface area (Å²) in [6, 6.07) is 4.00. The number of carbonyl (C=O) groups excluding carboxylic acids is 2. The highest BCUT2D eigenvalue weighted by Gasteiger charge is 2.26. The highest BCUT2D eigenvalue weighted by atomic mass is 16.2. The average molecular weight is 318 g/mol. The first kappa shape index (κ1) is 17.4. The van der Waals surface area contributed by atoms with E-state index in [1.807, 2.05) is 32.9 Å². The number of amides is 2. The third-order valence-electron chi connectivity index (χ3n) is 4.21. The summed E-state index contributed by atoms with van der Waals surface area (Å²) in [5.41, 5.74) is 9.35. The predicted octanol–water partition coefficient (Wildman–Crippen LogP) is 0.653. The number of nitrogens with one attached hydrogen (secondary N) is 1. The van der Waals surface area contributed by atoms with Gasteiger partial charge in [-0.2, -0.15) is 0 Å². The second-order valence-electron chi connectivity index (χ2n) is 6.15. The first-order valence-corrected chi connectivity index (χ1v) is 8.03. The summed E-state index contributed by atoms with van der Waals surface area (Å²) in [4.78, 5) is 28.4. The average Bonchev–Trinajstić information content (AvgIpc) is 2.51. The lowest BCUT2D eigenvalue weighted by molar-refractivity contribution is -0.144. The van der Waals surface area contributed by atoms with E-state index in [4.69, 9.17) is 5.73 Å². The maximum absolute atomic E-state index is 12.3. The topological polar surface area (TPSA) is 78.7 Å². The van der Waals surface area contributed by atoms with Gasteiger partial charge in [0.05, 0.1) is 0 Å². The van der Waals surface area contributed by atoms with Crippen molar-refractivity contribution < 1.29 is 9.59 Å². The summed E-state index contributed by atoms with van der Waals surface area (Å²) in [7, 11) is 0. The Balaban J connectivity index is 1.98. The molecule has 0 radical (unpaired) electrons. The molecule has 3 N–H and O–H groups in total. The van der Waals surface area contributed by atoms with Gasteiger partial charge < -0.3 is 16.0 Å². The van der Waals surface area contributed by atoms with Crippen molar-refractivity contribution in [1.82, 2.24) is 9.80 Å². The summed E-state index contributed by atoms with van der Waals surface area (Å²) in [6.45, 7) is 9.99. The molecule has 1 aliphatic heterocycles. The summed E-state index contributed by atoms with van der Waals surface area (Å²) in [6.07, 6.45) is 0. The van der Waals surface area contributed by atoms with E-state index in [1.54, 1.807) is 4.90 Å². The third kappa shape index (κ3) is 4.30. The largest absolute Gasteiger partial charge is 0.332 e. The minimum absolute atomic E-state index is 0.461. The fourth-order valence-corrected chi connectivity index (χ4v) is 3.04. The van der Waals surface area contributed by atoms with Crippen molar-refractivity contribution in [3.05, 3.63) is 28.8 Å². The molecular weight excluding hydrogens is 292 g/mol. The minimum Gasteiger partial charge on any atom is -0.332 e. The van der Waals surface area contributed by atoms with Crippen LogP contribution in [0, 0.1) is 20.8 Å². The van der Waals surface area contributed by atoms with Crippen molar-refractivity contribution in [1.29, 1.82) is 0 Å². The van der Waals surface area contributed by atoms with Gasteiger partial charge in [0, 0.05) is 45.0 Å². The molecule has 0 unspecified atom stereocenters. The first-order valence-electron chi connectivity index (χ1n) is 8.03. The molecule has 0 bridgehead atoms. The van der Waals surface area contributed by atoms with Crippen LogP contribution in [-0.4, -0.2) is 60.9 Å². The van der Waals surface area contributed by atoms with Gasteiger partial charge in [-0.25, -0.2) is 0 Å². The maximum Gasteiger partial charge on any atom is 0.313 e. The monoisotopic (exact) mass is 318 g/mol. The molecule has 2 rings (SSSR count). The first-order chi connectivity index (χ1) is 10.9.